The second-order valence-corrected chi connectivity index (χ2v) is 7.04. The number of amides is 1. The summed E-state index contributed by atoms with van der Waals surface area (Å²) in [6, 6.07) is 13.3. The van der Waals surface area contributed by atoms with Crippen LogP contribution in [0, 0.1) is 5.82 Å². The number of methoxy groups -OCH3 is 1. The van der Waals surface area contributed by atoms with E-state index in [2.05, 4.69) is 15.5 Å². The maximum absolute atomic E-state index is 12.9. The van der Waals surface area contributed by atoms with Crippen molar-refractivity contribution in [1.29, 1.82) is 0 Å². The van der Waals surface area contributed by atoms with Crippen LogP contribution in [0.1, 0.15) is 14.8 Å². The minimum atomic E-state index is -0.305. The molecule has 0 saturated heterocycles. The van der Waals surface area contributed by atoms with Gasteiger partial charge in [-0.2, -0.15) is 0 Å². The molecule has 5 nitrogen and oxygen atoms in total. The second-order valence-electron chi connectivity index (χ2n) is 4.93. The van der Waals surface area contributed by atoms with Gasteiger partial charge >= 0.3 is 0 Å². The molecule has 0 fully saturated rings. The Morgan fingerprint density at radius 1 is 1.16 bits per heavy atom. The minimum Gasteiger partial charge on any atom is -0.497 e. The number of thioether (sulfide) groups is 1. The average molecular weight is 375 g/mol. The van der Waals surface area contributed by atoms with Crippen LogP contribution in [-0.2, 0) is 5.75 Å². The van der Waals surface area contributed by atoms with Crippen molar-refractivity contribution in [3.63, 3.8) is 0 Å². The zero-order chi connectivity index (χ0) is 17.6. The Hall–Kier alpha value is -2.45. The molecule has 3 rings (SSSR count). The van der Waals surface area contributed by atoms with E-state index in [1.165, 1.54) is 35.2 Å². The first-order chi connectivity index (χ1) is 12.1. The molecule has 0 aliphatic rings. The van der Waals surface area contributed by atoms with E-state index in [9.17, 15) is 9.18 Å². The lowest BCUT2D eigenvalue weighted by molar-refractivity contribution is 0.102. The van der Waals surface area contributed by atoms with Gasteiger partial charge in [0.15, 0.2) is 0 Å². The zero-order valence-corrected chi connectivity index (χ0v) is 14.9. The van der Waals surface area contributed by atoms with Gasteiger partial charge in [0, 0.05) is 10.6 Å². The molecule has 2 aromatic carbocycles. The predicted molar refractivity (Wildman–Crippen MR) is 96.8 cm³/mol. The van der Waals surface area contributed by atoms with Crippen LogP contribution in [0.3, 0.4) is 0 Å². The van der Waals surface area contributed by atoms with Gasteiger partial charge in [-0.05, 0) is 48.5 Å². The molecule has 1 aromatic heterocycles. The second kappa shape index (κ2) is 8.09. The Balaban J connectivity index is 1.58. The summed E-state index contributed by atoms with van der Waals surface area (Å²) in [6.07, 6.45) is 0. The van der Waals surface area contributed by atoms with E-state index in [1.807, 2.05) is 0 Å². The largest absolute Gasteiger partial charge is 0.497 e. The maximum atomic E-state index is 12.9. The molecule has 0 saturated carbocycles. The molecule has 1 heterocycles. The highest BCUT2D eigenvalue weighted by molar-refractivity contribution is 7.98. The average Bonchev–Trinajstić information content (AvgIpc) is 3.11. The molecule has 3 aromatic rings. The van der Waals surface area contributed by atoms with Crippen LogP contribution in [0.25, 0.3) is 0 Å². The fourth-order valence-electron chi connectivity index (χ4n) is 1.94. The first kappa shape index (κ1) is 17.4. The summed E-state index contributed by atoms with van der Waals surface area (Å²) in [5.74, 6) is 0.714. The van der Waals surface area contributed by atoms with Gasteiger partial charge in [0.1, 0.15) is 16.6 Å². The third-order valence-electron chi connectivity index (χ3n) is 3.18. The Labute approximate surface area is 152 Å². The van der Waals surface area contributed by atoms with E-state index < -0.39 is 0 Å². The summed E-state index contributed by atoms with van der Waals surface area (Å²) in [7, 11) is 1.58. The monoisotopic (exact) mass is 375 g/mol. The van der Waals surface area contributed by atoms with E-state index in [0.29, 0.717) is 22.2 Å². The quantitative estimate of drug-likeness (QED) is 0.653. The molecule has 0 unspecified atom stereocenters. The molecule has 0 aliphatic carbocycles. The fourth-order valence-corrected chi connectivity index (χ4v) is 3.56. The Morgan fingerprint density at radius 3 is 2.56 bits per heavy atom. The summed E-state index contributed by atoms with van der Waals surface area (Å²) >= 11 is 2.75. The number of aromatic nitrogens is 2. The van der Waals surface area contributed by atoms with E-state index in [-0.39, 0.29) is 11.7 Å². The predicted octanol–water partition coefficient (Wildman–Crippen LogP) is 4.23. The summed E-state index contributed by atoms with van der Waals surface area (Å²) in [6.45, 7) is 0. The van der Waals surface area contributed by atoms with Gasteiger partial charge in [-0.25, -0.2) is 4.39 Å². The zero-order valence-electron chi connectivity index (χ0n) is 13.2. The number of benzene rings is 2. The maximum Gasteiger partial charge on any atom is 0.286 e. The van der Waals surface area contributed by atoms with Crippen LogP contribution >= 0.6 is 23.1 Å². The minimum absolute atomic E-state index is 0.266. The highest BCUT2D eigenvalue weighted by Crippen LogP contribution is 2.25. The van der Waals surface area contributed by atoms with Gasteiger partial charge in [-0.1, -0.05) is 11.3 Å². The summed E-state index contributed by atoms with van der Waals surface area (Å²) in [5.41, 5.74) is 0.656. The first-order valence-electron chi connectivity index (χ1n) is 7.30. The van der Waals surface area contributed by atoms with Crippen molar-refractivity contribution in [1.82, 2.24) is 10.2 Å². The molecule has 8 heteroatoms. The van der Waals surface area contributed by atoms with Crippen LogP contribution in [0.15, 0.2) is 53.4 Å². The molecule has 0 spiro atoms. The molecule has 1 amide bonds. The molecule has 0 bridgehead atoms. The molecular formula is C17H14FN3O2S2. The van der Waals surface area contributed by atoms with E-state index >= 15 is 0 Å². The lowest BCUT2D eigenvalue weighted by Gasteiger charge is -2.03. The van der Waals surface area contributed by atoms with Gasteiger partial charge in [-0.3, -0.25) is 4.79 Å². The number of nitrogens with one attached hydrogen (secondary N) is 1. The van der Waals surface area contributed by atoms with Gasteiger partial charge < -0.3 is 10.1 Å². The molecule has 0 aliphatic heterocycles. The number of carbonyl (C=O) groups excluding carboxylic acids is 1. The molecule has 0 radical (unpaired) electrons. The Kier molecular flexibility index (Phi) is 5.62. The van der Waals surface area contributed by atoms with Crippen LogP contribution in [-0.4, -0.2) is 23.2 Å². The van der Waals surface area contributed by atoms with Gasteiger partial charge in [0.25, 0.3) is 5.91 Å². The number of halogens is 1. The number of anilines is 1. The van der Waals surface area contributed by atoms with Gasteiger partial charge in [-0.15, -0.1) is 22.0 Å². The lowest BCUT2D eigenvalue weighted by atomic mass is 10.3. The summed E-state index contributed by atoms with van der Waals surface area (Å²) in [4.78, 5) is 13.1. The Morgan fingerprint density at radius 2 is 1.88 bits per heavy atom. The number of carbonyl (C=O) groups is 1. The topological polar surface area (TPSA) is 64.1 Å². The molecule has 128 valence electrons. The van der Waals surface area contributed by atoms with Crippen molar-refractivity contribution in [3.05, 3.63) is 64.4 Å². The van der Waals surface area contributed by atoms with Crippen molar-refractivity contribution in [2.24, 2.45) is 0 Å². The third-order valence-corrected chi connectivity index (χ3v) is 5.31. The highest BCUT2D eigenvalue weighted by Gasteiger charge is 2.13. The van der Waals surface area contributed by atoms with Crippen LogP contribution in [0.2, 0.25) is 0 Å². The molecule has 1 N–H and O–H groups in total. The van der Waals surface area contributed by atoms with Crippen molar-refractivity contribution in [2.45, 2.75) is 10.6 Å². The summed E-state index contributed by atoms with van der Waals surface area (Å²) in [5, 5.41) is 11.8. The first-order valence-corrected chi connectivity index (χ1v) is 9.10. The summed E-state index contributed by atoms with van der Waals surface area (Å²) < 4.78 is 18.0. The molecular weight excluding hydrogens is 361 g/mol. The van der Waals surface area contributed by atoms with Crippen LogP contribution < -0.4 is 10.1 Å². The standard InChI is InChI=1S/C17H14FN3O2S2/c1-23-13-6-4-12(5-7-13)19-16(22)17-21-20-15(25-17)10-24-14-8-2-11(18)3-9-14/h2-9H,10H2,1H3,(H,19,22). The molecule has 0 atom stereocenters. The van der Waals surface area contributed by atoms with Gasteiger partial charge in [0.05, 0.1) is 12.9 Å². The van der Waals surface area contributed by atoms with E-state index in [0.717, 1.165) is 9.90 Å². The Bertz CT molecular complexity index is 851. The van der Waals surface area contributed by atoms with Crippen LogP contribution in [0.5, 0.6) is 5.75 Å². The normalized spacial score (nSPS) is 10.5. The highest BCUT2D eigenvalue weighted by atomic mass is 32.2. The van der Waals surface area contributed by atoms with Gasteiger partial charge in [0.2, 0.25) is 5.01 Å². The number of nitrogens with zero attached hydrogens (tertiary/aromatic N) is 2. The van der Waals surface area contributed by atoms with E-state index in [1.54, 1.807) is 43.5 Å². The van der Waals surface area contributed by atoms with Crippen LogP contribution in [0.4, 0.5) is 10.1 Å². The molecule has 25 heavy (non-hydrogen) atoms. The lowest BCUT2D eigenvalue weighted by Crippen LogP contribution is -2.11. The number of hydrogen-bond donors (Lipinski definition) is 1. The smallest absolute Gasteiger partial charge is 0.286 e. The van der Waals surface area contributed by atoms with Crippen molar-refractivity contribution in [3.8, 4) is 5.75 Å². The number of hydrogen-bond acceptors (Lipinski definition) is 6. The third kappa shape index (κ3) is 4.77. The van der Waals surface area contributed by atoms with Crippen molar-refractivity contribution < 1.29 is 13.9 Å². The SMILES string of the molecule is COc1ccc(NC(=O)c2nnc(CSc3ccc(F)cc3)s2)cc1. The van der Waals surface area contributed by atoms with Crippen molar-refractivity contribution >= 4 is 34.7 Å². The number of rotatable bonds is 6. The van der Waals surface area contributed by atoms with E-state index in [4.69, 9.17) is 4.74 Å². The van der Waals surface area contributed by atoms with Crippen molar-refractivity contribution in [2.75, 3.05) is 12.4 Å². The number of ether oxygens (including phenoxy) is 1. The fraction of sp³-hybridized carbons (Fsp3) is 0.118.